The van der Waals surface area contributed by atoms with Gasteiger partial charge in [-0.25, -0.2) is 8.42 Å². The lowest BCUT2D eigenvalue weighted by atomic mass is 10.2. The first-order valence-electron chi connectivity index (χ1n) is 7.43. The highest BCUT2D eigenvalue weighted by molar-refractivity contribution is 9.10. The quantitative estimate of drug-likeness (QED) is 0.768. The summed E-state index contributed by atoms with van der Waals surface area (Å²) >= 11 is 3.35. The molecule has 0 aliphatic rings. The van der Waals surface area contributed by atoms with Gasteiger partial charge >= 0.3 is 0 Å². The van der Waals surface area contributed by atoms with Crippen molar-refractivity contribution < 1.29 is 17.9 Å². The number of hydrogen-bond donors (Lipinski definition) is 1. The number of rotatable bonds is 6. The predicted molar refractivity (Wildman–Crippen MR) is 103 cm³/mol. The Morgan fingerprint density at radius 1 is 1.16 bits per heavy atom. The van der Waals surface area contributed by atoms with Gasteiger partial charge in [-0.3, -0.25) is 9.10 Å². The van der Waals surface area contributed by atoms with E-state index in [1.165, 1.54) is 14.0 Å². The number of methoxy groups -OCH3 is 1. The molecule has 0 spiro atoms. The van der Waals surface area contributed by atoms with E-state index in [0.717, 1.165) is 10.6 Å². The van der Waals surface area contributed by atoms with Crippen LogP contribution in [0.3, 0.4) is 0 Å². The van der Waals surface area contributed by atoms with Crippen LogP contribution in [0.4, 0.5) is 11.4 Å². The molecule has 1 unspecified atom stereocenters. The lowest BCUT2D eigenvalue weighted by Crippen LogP contribution is -2.45. The summed E-state index contributed by atoms with van der Waals surface area (Å²) in [4.78, 5) is 12.6. The number of carbonyl (C=O) groups is 1. The van der Waals surface area contributed by atoms with E-state index >= 15 is 0 Å². The minimum Gasteiger partial charge on any atom is -0.497 e. The van der Waals surface area contributed by atoms with Gasteiger partial charge in [0.15, 0.2) is 0 Å². The molecule has 0 bridgehead atoms. The van der Waals surface area contributed by atoms with Gasteiger partial charge in [0, 0.05) is 4.47 Å². The zero-order valence-corrected chi connectivity index (χ0v) is 16.5. The average Bonchev–Trinajstić information content (AvgIpc) is 2.56. The van der Waals surface area contributed by atoms with Crippen molar-refractivity contribution in [2.45, 2.75) is 13.0 Å². The van der Waals surface area contributed by atoms with Gasteiger partial charge in [-0.15, -0.1) is 0 Å². The number of amides is 1. The molecule has 0 fully saturated rings. The van der Waals surface area contributed by atoms with Gasteiger partial charge in [0.1, 0.15) is 11.8 Å². The number of ether oxygens (including phenoxy) is 1. The molecule has 0 aliphatic heterocycles. The normalized spacial score (nSPS) is 12.3. The van der Waals surface area contributed by atoms with Crippen molar-refractivity contribution >= 4 is 43.2 Å². The van der Waals surface area contributed by atoms with Crippen LogP contribution in [0.2, 0.25) is 0 Å². The van der Waals surface area contributed by atoms with Gasteiger partial charge < -0.3 is 10.1 Å². The Balaban J connectivity index is 2.31. The van der Waals surface area contributed by atoms with Crippen LogP contribution in [0.1, 0.15) is 6.92 Å². The molecule has 0 aliphatic carbocycles. The largest absolute Gasteiger partial charge is 0.497 e. The maximum absolute atomic E-state index is 12.6. The lowest BCUT2D eigenvalue weighted by molar-refractivity contribution is -0.116. The number of halogens is 1. The molecule has 1 atom stereocenters. The van der Waals surface area contributed by atoms with Crippen LogP contribution in [-0.4, -0.2) is 33.7 Å². The van der Waals surface area contributed by atoms with Crippen LogP contribution < -0.4 is 14.4 Å². The predicted octanol–water partition coefficient (Wildman–Crippen LogP) is 3.25. The highest BCUT2D eigenvalue weighted by atomic mass is 79.9. The Kier molecular flexibility index (Phi) is 6.07. The second-order valence-corrected chi connectivity index (χ2v) is 8.12. The van der Waals surface area contributed by atoms with E-state index in [-0.39, 0.29) is 0 Å². The van der Waals surface area contributed by atoms with E-state index < -0.39 is 22.0 Å². The van der Waals surface area contributed by atoms with Crippen LogP contribution in [0.15, 0.2) is 53.0 Å². The summed E-state index contributed by atoms with van der Waals surface area (Å²) in [7, 11) is -2.14. The first kappa shape index (κ1) is 19.3. The van der Waals surface area contributed by atoms with Gasteiger partial charge in [0.25, 0.3) is 0 Å². The van der Waals surface area contributed by atoms with Crippen molar-refractivity contribution in [2.24, 2.45) is 0 Å². The molecule has 0 saturated carbocycles. The van der Waals surface area contributed by atoms with Crippen molar-refractivity contribution in [3.05, 3.63) is 53.0 Å². The third kappa shape index (κ3) is 4.73. The Labute approximate surface area is 156 Å². The third-order valence-electron chi connectivity index (χ3n) is 3.55. The summed E-state index contributed by atoms with van der Waals surface area (Å²) in [5.74, 6) is 0.163. The molecule has 2 aromatic rings. The third-order valence-corrected chi connectivity index (χ3v) is 5.48. The number of carbonyl (C=O) groups excluding carboxylic acids is 1. The number of benzene rings is 2. The second-order valence-electron chi connectivity index (χ2n) is 5.40. The van der Waals surface area contributed by atoms with Crippen molar-refractivity contribution in [1.29, 1.82) is 0 Å². The zero-order valence-electron chi connectivity index (χ0n) is 14.1. The molecule has 134 valence electrons. The van der Waals surface area contributed by atoms with Crippen molar-refractivity contribution in [3.8, 4) is 5.75 Å². The Morgan fingerprint density at radius 2 is 1.76 bits per heavy atom. The number of nitrogens with zero attached hydrogens (tertiary/aromatic N) is 1. The van der Waals surface area contributed by atoms with E-state index in [1.54, 1.807) is 42.5 Å². The molecule has 2 aromatic carbocycles. The molecule has 0 aromatic heterocycles. The first-order valence-corrected chi connectivity index (χ1v) is 10.1. The fraction of sp³-hybridized carbons (Fsp3) is 0.235. The summed E-state index contributed by atoms with van der Waals surface area (Å²) in [5, 5.41) is 2.74. The number of para-hydroxylation sites is 1. The van der Waals surface area contributed by atoms with Gasteiger partial charge in [0.05, 0.1) is 24.7 Å². The summed E-state index contributed by atoms with van der Waals surface area (Å²) in [6.45, 7) is 1.54. The summed E-state index contributed by atoms with van der Waals surface area (Å²) in [6.07, 6.45) is 1.07. The molecule has 1 N–H and O–H groups in total. The van der Waals surface area contributed by atoms with Gasteiger partial charge in [-0.05, 0) is 59.3 Å². The monoisotopic (exact) mass is 426 g/mol. The number of nitrogens with one attached hydrogen (secondary N) is 1. The Hall–Kier alpha value is -2.06. The molecular formula is C17H19BrN2O4S. The van der Waals surface area contributed by atoms with Crippen LogP contribution in [0.5, 0.6) is 5.75 Å². The van der Waals surface area contributed by atoms with E-state index in [4.69, 9.17) is 4.74 Å². The molecule has 1 amide bonds. The Morgan fingerprint density at radius 3 is 2.28 bits per heavy atom. The smallest absolute Gasteiger partial charge is 0.248 e. The van der Waals surface area contributed by atoms with Gasteiger partial charge in [-0.2, -0.15) is 0 Å². The minimum atomic E-state index is -3.66. The van der Waals surface area contributed by atoms with Crippen LogP contribution in [0, 0.1) is 0 Å². The van der Waals surface area contributed by atoms with E-state index in [1.807, 2.05) is 6.07 Å². The fourth-order valence-corrected chi connectivity index (χ4v) is 3.90. The zero-order chi connectivity index (χ0) is 18.6. The van der Waals surface area contributed by atoms with Crippen molar-refractivity contribution in [2.75, 3.05) is 23.0 Å². The molecular weight excluding hydrogens is 408 g/mol. The van der Waals surface area contributed by atoms with E-state index in [0.29, 0.717) is 21.6 Å². The Bertz CT molecular complexity index is 853. The second kappa shape index (κ2) is 7.88. The van der Waals surface area contributed by atoms with Crippen LogP contribution >= 0.6 is 15.9 Å². The van der Waals surface area contributed by atoms with Gasteiger partial charge in [0.2, 0.25) is 15.9 Å². The average molecular weight is 427 g/mol. The molecule has 25 heavy (non-hydrogen) atoms. The highest BCUT2D eigenvalue weighted by Crippen LogP contribution is 2.26. The molecule has 0 heterocycles. The van der Waals surface area contributed by atoms with Gasteiger partial charge in [-0.1, -0.05) is 12.1 Å². The summed E-state index contributed by atoms with van der Waals surface area (Å²) in [5.41, 5.74) is 0.959. The SMILES string of the molecule is COc1ccc(N(C(C)C(=O)Nc2ccccc2Br)S(C)(=O)=O)cc1. The van der Waals surface area contributed by atoms with Crippen molar-refractivity contribution in [3.63, 3.8) is 0 Å². The fourth-order valence-electron chi connectivity index (χ4n) is 2.34. The van der Waals surface area contributed by atoms with Crippen molar-refractivity contribution in [1.82, 2.24) is 0 Å². The molecule has 2 rings (SSSR count). The first-order chi connectivity index (χ1) is 11.7. The molecule has 0 saturated heterocycles. The highest BCUT2D eigenvalue weighted by Gasteiger charge is 2.29. The number of hydrogen-bond acceptors (Lipinski definition) is 4. The molecule has 8 heteroatoms. The van der Waals surface area contributed by atoms with Crippen LogP contribution in [-0.2, 0) is 14.8 Å². The topological polar surface area (TPSA) is 75.7 Å². The van der Waals surface area contributed by atoms with Crippen LogP contribution in [0.25, 0.3) is 0 Å². The van der Waals surface area contributed by atoms with E-state index in [2.05, 4.69) is 21.2 Å². The number of sulfonamides is 1. The molecule has 0 radical (unpaired) electrons. The minimum absolute atomic E-state index is 0.387. The number of anilines is 2. The standard InChI is InChI=1S/C17H19BrN2O4S/c1-12(17(21)19-16-7-5-4-6-15(16)18)20(25(3,22)23)13-8-10-14(24-2)11-9-13/h4-12H,1-3H3,(H,19,21). The van der Waals surface area contributed by atoms with E-state index in [9.17, 15) is 13.2 Å². The lowest BCUT2D eigenvalue weighted by Gasteiger charge is -2.28. The maximum Gasteiger partial charge on any atom is 0.248 e. The molecule has 6 nitrogen and oxygen atoms in total. The summed E-state index contributed by atoms with van der Waals surface area (Å²) < 4.78 is 31.4. The summed E-state index contributed by atoms with van der Waals surface area (Å²) in [6, 6.07) is 12.7. The maximum atomic E-state index is 12.6.